The predicted molar refractivity (Wildman–Crippen MR) is 88.8 cm³/mol. The molecule has 2 aromatic rings. The lowest BCUT2D eigenvalue weighted by Gasteiger charge is -2.12. The predicted octanol–water partition coefficient (Wildman–Crippen LogP) is 2.97. The van der Waals surface area contributed by atoms with Crippen LogP contribution >= 0.6 is 0 Å². The molecule has 1 amide bonds. The molecule has 0 aliphatic heterocycles. The zero-order chi connectivity index (χ0) is 17.7. The summed E-state index contributed by atoms with van der Waals surface area (Å²) in [6.45, 7) is 6.29. The molecule has 0 aliphatic carbocycles. The van der Waals surface area contributed by atoms with E-state index in [1.165, 1.54) is 6.07 Å². The van der Waals surface area contributed by atoms with Crippen molar-refractivity contribution in [1.29, 1.82) is 0 Å². The fourth-order valence-electron chi connectivity index (χ4n) is 2.42. The van der Waals surface area contributed by atoms with Gasteiger partial charge in [0.15, 0.2) is 5.76 Å². The second kappa shape index (κ2) is 7.68. The molecule has 0 aliphatic rings. The minimum absolute atomic E-state index is 0.00341. The number of aryl methyl sites for hydroxylation is 3. The van der Waals surface area contributed by atoms with Crippen LogP contribution in [-0.4, -0.2) is 30.1 Å². The number of hydrogen-bond acceptors (Lipinski definition) is 4. The maximum absolute atomic E-state index is 12.0. The van der Waals surface area contributed by atoms with Crippen LogP contribution in [0.15, 0.2) is 28.7 Å². The second-order valence-corrected chi connectivity index (χ2v) is 5.43. The Morgan fingerprint density at radius 1 is 1.25 bits per heavy atom. The highest BCUT2D eigenvalue weighted by Crippen LogP contribution is 2.22. The quantitative estimate of drug-likeness (QED) is 0.762. The highest BCUT2D eigenvalue weighted by molar-refractivity contribution is 5.96. The van der Waals surface area contributed by atoms with Gasteiger partial charge in [0.1, 0.15) is 23.7 Å². The molecule has 6 nitrogen and oxygen atoms in total. The summed E-state index contributed by atoms with van der Waals surface area (Å²) in [6.07, 6.45) is 0.407. The first-order valence-corrected chi connectivity index (χ1v) is 7.77. The van der Waals surface area contributed by atoms with E-state index in [0.717, 1.165) is 16.9 Å². The molecule has 1 aromatic heterocycles. The minimum Gasteiger partial charge on any atom is -0.491 e. The topological polar surface area (TPSA) is 88.8 Å². The molecule has 0 saturated heterocycles. The van der Waals surface area contributed by atoms with Crippen molar-refractivity contribution in [3.63, 3.8) is 0 Å². The third-order valence-corrected chi connectivity index (χ3v) is 3.63. The number of benzene rings is 1. The maximum Gasteiger partial charge on any atom is 0.339 e. The first kappa shape index (κ1) is 17.6. The number of carbonyl (C=O) groups excluding carboxylic acids is 1. The summed E-state index contributed by atoms with van der Waals surface area (Å²) in [5.74, 6) is -0.461. The molecular weight excluding hydrogens is 310 g/mol. The normalized spacial score (nSPS) is 10.5. The lowest BCUT2D eigenvalue weighted by Crippen LogP contribution is -2.28. The van der Waals surface area contributed by atoms with Gasteiger partial charge in [0, 0.05) is 12.5 Å². The van der Waals surface area contributed by atoms with Gasteiger partial charge in [-0.1, -0.05) is 25.1 Å². The van der Waals surface area contributed by atoms with Crippen molar-refractivity contribution in [2.24, 2.45) is 0 Å². The summed E-state index contributed by atoms with van der Waals surface area (Å²) >= 11 is 0. The van der Waals surface area contributed by atoms with Gasteiger partial charge in [0.2, 0.25) is 0 Å². The van der Waals surface area contributed by atoms with Crippen molar-refractivity contribution in [2.75, 3.05) is 13.2 Å². The summed E-state index contributed by atoms with van der Waals surface area (Å²) in [4.78, 5) is 23.1. The highest BCUT2D eigenvalue weighted by Gasteiger charge is 2.19. The van der Waals surface area contributed by atoms with Crippen molar-refractivity contribution in [2.45, 2.75) is 27.2 Å². The van der Waals surface area contributed by atoms with E-state index in [1.807, 2.05) is 32.0 Å². The monoisotopic (exact) mass is 331 g/mol. The van der Waals surface area contributed by atoms with Crippen LogP contribution in [0.2, 0.25) is 0 Å². The van der Waals surface area contributed by atoms with Gasteiger partial charge >= 0.3 is 5.97 Å². The largest absolute Gasteiger partial charge is 0.491 e. The van der Waals surface area contributed by atoms with Crippen LogP contribution in [0.25, 0.3) is 0 Å². The van der Waals surface area contributed by atoms with Crippen LogP contribution in [-0.2, 0) is 6.42 Å². The van der Waals surface area contributed by atoms with Gasteiger partial charge in [-0.25, -0.2) is 4.79 Å². The Kier molecular flexibility index (Phi) is 5.63. The Hall–Kier alpha value is -2.76. The Morgan fingerprint density at radius 3 is 2.46 bits per heavy atom. The Bertz CT molecular complexity index is 728. The lowest BCUT2D eigenvalue weighted by molar-refractivity contribution is 0.0694. The van der Waals surface area contributed by atoms with E-state index in [0.29, 0.717) is 18.8 Å². The molecule has 2 rings (SSSR count). The number of amides is 1. The van der Waals surface area contributed by atoms with Gasteiger partial charge < -0.3 is 19.6 Å². The van der Waals surface area contributed by atoms with E-state index < -0.39 is 11.9 Å². The van der Waals surface area contributed by atoms with Crippen LogP contribution in [0.4, 0.5) is 0 Å². The molecule has 0 atom stereocenters. The fraction of sp³-hybridized carbons (Fsp3) is 0.333. The van der Waals surface area contributed by atoms with Gasteiger partial charge in [0.05, 0.1) is 6.54 Å². The third-order valence-electron chi connectivity index (χ3n) is 3.63. The number of rotatable bonds is 7. The Labute approximate surface area is 140 Å². The van der Waals surface area contributed by atoms with Gasteiger partial charge in [0.25, 0.3) is 5.91 Å². The van der Waals surface area contributed by atoms with Crippen molar-refractivity contribution in [1.82, 2.24) is 5.32 Å². The average molecular weight is 331 g/mol. The number of carboxylic acid groups (broad SMARTS) is 1. The molecule has 6 heteroatoms. The van der Waals surface area contributed by atoms with Gasteiger partial charge in [-0.05, 0) is 25.0 Å². The molecule has 0 saturated carbocycles. The number of para-hydroxylation sites is 1. The summed E-state index contributed by atoms with van der Waals surface area (Å²) < 4.78 is 11.0. The molecular formula is C18H21NO5. The minimum atomic E-state index is -1.10. The number of carboxylic acids is 1. The van der Waals surface area contributed by atoms with E-state index in [4.69, 9.17) is 14.3 Å². The maximum atomic E-state index is 12.0. The smallest absolute Gasteiger partial charge is 0.339 e. The van der Waals surface area contributed by atoms with E-state index in [9.17, 15) is 9.59 Å². The van der Waals surface area contributed by atoms with E-state index >= 15 is 0 Å². The fourth-order valence-corrected chi connectivity index (χ4v) is 2.42. The van der Waals surface area contributed by atoms with E-state index in [-0.39, 0.29) is 17.9 Å². The third kappa shape index (κ3) is 3.95. The van der Waals surface area contributed by atoms with Crippen LogP contribution in [0.5, 0.6) is 5.75 Å². The molecule has 0 unspecified atom stereocenters. The van der Waals surface area contributed by atoms with Gasteiger partial charge in [-0.2, -0.15) is 0 Å². The summed E-state index contributed by atoms with van der Waals surface area (Å²) in [6, 6.07) is 7.14. The Morgan fingerprint density at radius 2 is 1.92 bits per heavy atom. The molecule has 24 heavy (non-hydrogen) atoms. The van der Waals surface area contributed by atoms with E-state index in [2.05, 4.69) is 5.32 Å². The lowest BCUT2D eigenvalue weighted by atomic mass is 10.1. The van der Waals surface area contributed by atoms with Crippen molar-refractivity contribution < 1.29 is 23.8 Å². The highest BCUT2D eigenvalue weighted by atomic mass is 16.5. The summed E-state index contributed by atoms with van der Waals surface area (Å²) in [5.41, 5.74) is 2.09. The van der Waals surface area contributed by atoms with E-state index in [1.54, 1.807) is 6.92 Å². The van der Waals surface area contributed by atoms with Crippen LogP contribution < -0.4 is 10.1 Å². The van der Waals surface area contributed by atoms with Gasteiger partial charge in [-0.15, -0.1) is 0 Å². The molecule has 1 aromatic carbocycles. The van der Waals surface area contributed by atoms with Gasteiger partial charge in [-0.3, -0.25) is 4.79 Å². The standard InChI is InChI=1S/C18H21NO5/c1-4-14-13(18(21)22)10-15(24-14)17(20)19-8-9-23-16-11(2)6-5-7-12(16)3/h5-7,10H,4,8-9H2,1-3H3,(H,19,20)(H,21,22). The SMILES string of the molecule is CCc1oc(C(=O)NCCOc2c(C)cccc2C)cc1C(=O)O. The number of nitrogens with one attached hydrogen (secondary N) is 1. The molecule has 1 heterocycles. The molecule has 0 bridgehead atoms. The van der Waals surface area contributed by atoms with Crippen molar-refractivity contribution in [3.05, 3.63) is 52.5 Å². The number of hydrogen-bond donors (Lipinski definition) is 2. The number of ether oxygens (including phenoxy) is 1. The molecule has 0 radical (unpaired) electrons. The molecule has 2 N–H and O–H groups in total. The van der Waals surface area contributed by atoms with Crippen molar-refractivity contribution >= 4 is 11.9 Å². The first-order chi connectivity index (χ1) is 11.4. The van der Waals surface area contributed by atoms with Crippen LogP contribution in [0.1, 0.15) is 44.7 Å². The second-order valence-electron chi connectivity index (χ2n) is 5.43. The number of aromatic carboxylic acids is 1. The summed E-state index contributed by atoms with van der Waals surface area (Å²) in [5, 5.41) is 11.7. The zero-order valence-electron chi connectivity index (χ0n) is 14.0. The first-order valence-electron chi connectivity index (χ1n) is 7.77. The number of furan rings is 1. The van der Waals surface area contributed by atoms with Crippen LogP contribution in [0, 0.1) is 13.8 Å². The molecule has 128 valence electrons. The molecule has 0 spiro atoms. The summed E-state index contributed by atoms with van der Waals surface area (Å²) in [7, 11) is 0. The van der Waals surface area contributed by atoms with Crippen LogP contribution in [0.3, 0.4) is 0 Å². The molecule has 0 fully saturated rings. The average Bonchev–Trinajstić information content (AvgIpc) is 2.98. The zero-order valence-corrected chi connectivity index (χ0v) is 14.0. The number of carbonyl (C=O) groups is 2. The van der Waals surface area contributed by atoms with Crippen molar-refractivity contribution in [3.8, 4) is 5.75 Å². The Balaban J connectivity index is 1.91.